The van der Waals surface area contributed by atoms with Crippen molar-refractivity contribution in [1.82, 2.24) is 14.5 Å². The SMILES string of the molecule is Cn1cc(C(=O)Nc2nc3ccccc3[nH]2)c2ccccc21. The second-order valence-electron chi connectivity index (χ2n) is 5.23. The molecule has 22 heavy (non-hydrogen) atoms. The van der Waals surface area contributed by atoms with E-state index in [9.17, 15) is 4.79 Å². The molecule has 0 aliphatic heterocycles. The van der Waals surface area contributed by atoms with Crippen molar-refractivity contribution in [2.45, 2.75) is 0 Å². The van der Waals surface area contributed by atoms with E-state index < -0.39 is 0 Å². The van der Waals surface area contributed by atoms with E-state index >= 15 is 0 Å². The van der Waals surface area contributed by atoms with Gasteiger partial charge in [-0.25, -0.2) is 4.98 Å². The van der Waals surface area contributed by atoms with E-state index in [4.69, 9.17) is 0 Å². The molecular formula is C17H14N4O. The third-order valence-corrected chi connectivity index (χ3v) is 3.76. The Labute approximate surface area is 126 Å². The molecule has 4 aromatic rings. The molecule has 5 nitrogen and oxygen atoms in total. The first-order valence-corrected chi connectivity index (χ1v) is 7.02. The number of para-hydroxylation sites is 3. The van der Waals surface area contributed by atoms with Crippen LogP contribution < -0.4 is 5.32 Å². The zero-order valence-corrected chi connectivity index (χ0v) is 12.0. The molecular weight excluding hydrogens is 276 g/mol. The monoisotopic (exact) mass is 290 g/mol. The van der Waals surface area contributed by atoms with Gasteiger partial charge >= 0.3 is 0 Å². The molecule has 2 aromatic carbocycles. The quantitative estimate of drug-likeness (QED) is 0.595. The van der Waals surface area contributed by atoms with Gasteiger partial charge in [-0.05, 0) is 18.2 Å². The van der Waals surface area contributed by atoms with E-state index in [0.29, 0.717) is 11.5 Å². The minimum Gasteiger partial charge on any atom is -0.350 e. The van der Waals surface area contributed by atoms with Gasteiger partial charge in [0.25, 0.3) is 5.91 Å². The van der Waals surface area contributed by atoms with Gasteiger partial charge in [0.15, 0.2) is 0 Å². The lowest BCUT2D eigenvalue weighted by molar-refractivity contribution is 0.102. The Hall–Kier alpha value is -3.08. The van der Waals surface area contributed by atoms with Crippen LogP contribution in [0.2, 0.25) is 0 Å². The maximum Gasteiger partial charge on any atom is 0.260 e. The van der Waals surface area contributed by atoms with Crippen molar-refractivity contribution >= 4 is 33.8 Å². The van der Waals surface area contributed by atoms with Crippen LogP contribution in [-0.4, -0.2) is 20.4 Å². The van der Waals surface area contributed by atoms with Crippen molar-refractivity contribution in [3.63, 3.8) is 0 Å². The van der Waals surface area contributed by atoms with Gasteiger partial charge in [-0.1, -0.05) is 30.3 Å². The number of benzene rings is 2. The summed E-state index contributed by atoms with van der Waals surface area (Å²) in [6.45, 7) is 0. The van der Waals surface area contributed by atoms with Crippen LogP contribution in [0, 0.1) is 0 Å². The number of aromatic amines is 1. The van der Waals surface area contributed by atoms with Crippen molar-refractivity contribution in [2.24, 2.45) is 7.05 Å². The predicted molar refractivity (Wildman–Crippen MR) is 87.0 cm³/mol. The zero-order valence-electron chi connectivity index (χ0n) is 12.0. The first kappa shape index (κ1) is 12.6. The smallest absolute Gasteiger partial charge is 0.260 e. The maximum absolute atomic E-state index is 12.5. The summed E-state index contributed by atoms with van der Waals surface area (Å²) in [6.07, 6.45) is 1.84. The number of imidazole rings is 1. The summed E-state index contributed by atoms with van der Waals surface area (Å²) in [4.78, 5) is 20.0. The zero-order chi connectivity index (χ0) is 15.1. The lowest BCUT2D eigenvalue weighted by Crippen LogP contribution is -2.12. The number of H-pyrrole nitrogens is 1. The number of carbonyl (C=O) groups excluding carboxylic acids is 1. The highest BCUT2D eigenvalue weighted by Crippen LogP contribution is 2.21. The minimum absolute atomic E-state index is 0.171. The van der Waals surface area contributed by atoms with Crippen LogP contribution in [0.25, 0.3) is 21.9 Å². The van der Waals surface area contributed by atoms with Gasteiger partial charge in [0, 0.05) is 24.1 Å². The summed E-state index contributed by atoms with van der Waals surface area (Å²) >= 11 is 0. The molecule has 0 aliphatic carbocycles. The average molecular weight is 290 g/mol. The fourth-order valence-corrected chi connectivity index (χ4v) is 2.71. The van der Waals surface area contributed by atoms with E-state index in [1.54, 1.807) is 0 Å². The van der Waals surface area contributed by atoms with Crippen molar-refractivity contribution in [2.75, 3.05) is 5.32 Å². The normalized spacial score (nSPS) is 11.1. The van der Waals surface area contributed by atoms with Gasteiger partial charge < -0.3 is 9.55 Å². The van der Waals surface area contributed by atoms with Gasteiger partial charge in [0.2, 0.25) is 5.95 Å². The third-order valence-electron chi connectivity index (χ3n) is 3.76. The summed E-state index contributed by atoms with van der Waals surface area (Å²) < 4.78 is 1.95. The molecule has 0 unspecified atom stereocenters. The van der Waals surface area contributed by atoms with Crippen LogP contribution in [-0.2, 0) is 7.05 Å². The Morgan fingerprint density at radius 2 is 1.91 bits per heavy atom. The topological polar surface area (TPSA) is 62.7 Å². The number of carbonyl (C=O) groups is 1. The molecule has 0 bridgehead atoms. The number of hydrogen-bond acceptors (Lipinski definition) is 2. The van der Waals surface area contributed by atoms with Gasteiger partial charge in [-0.15, -0.1) is 0 Å². The summed E-state index contributed by atoms with van der Waals surface area (Å²) in [7, 11) is 1.93. The fraction of sp³-hybridized carbons (Fsp3) is 0.0588. The number of anilines is 1. The summed E-state index contributed by atoms with van der Waals surface area (Å²) in [5.74, 6) is 0.287. The van der Waals surface area contributed by atoms with Crippen LogP contribution in [0.15, 0.2) is 54.7 Å². The first-order chi connectivity index (χ1) is 10.7. The molecule has 1 amide bonds. The van der Waals surface area contributed by atoms with Crippen LogP contribution in [0.3, 0.4) is 0 Å². The molecule has 0 fully saturated rings. The third kappa shape index (κ3) is 1.95. The van der Waals surface area contributed by atoms with Gasteiger partial charge in [0.1, 0.15) is 0 Å². The molecule has 0 radical (unpaired) electrons. The summed E-state index contributed by atoms with van der Waals surface area (Å²) in [5.41, 5.74) is 3.39. The number of amides is 1. The molecule has 2 heterocycles. The predicted octanol–water partition coefficient (Wildman–Crippen LogP) is 3.31. The second-order valence-corrected chi connectivity index (χ2v) is 5.23. The largest absolute Gasteiger partial charge is 0.350 e. The molecule has 0 spiro atoms. The van der Waals surface area contributed by atoms with Crippen molar-refractivity contribution < 1.29 is 4.79 Å². The number of hydrogen-bond donors (Lipinski definition) is 2. The standard InChI is InChI=1S/C17H14N4O/c1-21-10-12(11-6-2-5-9-15(11)21)16(22)20-17-18-13-7-3-4-8-14(13)19-17/h2-10H,1H3,(H2,18,19,20,22). The number of nitrogens with one attached hydrogen (secondary N) is 2. The number of nitrogens with zero attached hydrogens (tertiary/aromatic N) is 2. The van der Waals surface area contributed by atoms with E-state index in [2.05, 4.69) is 15.3 Å². The molecule has 0 atom stereocenters. The van der Waals surface area contributed by atoms with E-state index in [1.165, 1.54) is 0 Å². The van der Waals surface area contributed by atoms with Crippen molar-refractivity contribution in [3.8, 4) is 0 Å². The first-order valence-electron chi connectivity index (χ1n) is 7.02. The number of rotatable bonds is 2. The Kier molecular flexibility index (Phi) is 2.72. The number of aryl methyl sites for hydroxylation is 1. The molecule has 108 valence electrons. The number of fused-ring (bicyclic) bond motifs is 2. The Morgan fingerprint density at radius 3 is 2.77 bits per heavy atom. The Morgan fingerprint density at radius 1 is 1.14 bits per heavy atom. The highest BCUT2D eigenvalue weighted by Gasteiger charge is 2.15. The molecule has 0 saturated carbocycles. The summed E-state index contributed by atoms with van der Waals surface area (Å²) in [6, 6.07) is 15.5. The molecule has 2 N–H and O–H groups in total. The highest BCUT2D eigenvalue weighted by molar-refractivity contribution is 6.12. The Bertz CT molecular complexity index is 963. The van der Waals surface area contributed by atoms with Gasteiger partial charge in [-0.3, -0.25) is 10.1 Å². The van der Waals surface area contributed by atoms with E-state index in [1.807, 2.05) is 66.3 Å². The van der Waals surface area contributed by atoms with Crippen LogP contribution >= 0.6 is 0 Å². The lowest BCUT2D eigenvalue weighted by Gasteiger charge is -2.00. The molecule has 4 rings (SSSR count). The lowest BCUT2D eigenvalue weighted by atomic mass is 10.1. The maximum atomic E-state index is 12.5. The Balaban J connectivity index is 1.71. The second kappa shape index (κ2) is 4.73. The van der Waals surface area contributed by atoms with Crippen LogP contribution in [0.4, 0.5) is 5.95 Å². The van der Waals surface area contributed by atoms with Crippen molar-refractivity contribution in [3.05, 3.63) is 60.3 Å². The van der Waals surface area contributed by atoms with Crippen molar-refractivity contribution in [1.29, 1.82) is 0 Å². The summed E-state index contributed by atoms with van der Waals surface area (Å²) in [5, 5.41) is 3.76. The molecule has 0 aliphatic rings. The molecule has 0 saturated heterocycles. The highest BCUT2D eigenvalue weighted by atomic mass is 16.1. The van der Waals surface area contributed by atoms with Gasteiger partial charge in [-0.2, -0.15) is 0 Å². The minimum atomic E-state index is -0.171. The van der Waals surface area contributed by atoms with E-state index in [-0.39, 0.29) is 5.91 Å². The molecule has 5 heteroatoms. The number of aromatic nitrogens is 3. The average Bonchev–Trinajstić information content (AvgIpc) is 3.08. The molecule has 2 aromatic heterocycles. The fourth-order valence-electron chi connectivity index (χ4n) is 2.71. The van der Waals surface area contributed by atoms with Gasteiger partial charge in [0.05, 0.1) is 16.6 Å². The van der Waals surface area contributed by atoms with Crippen LogP contribution in [0.1, 0.15) is 10.4 Å². The van der Waals surface area contributed by atoms with E-state index in [0.717, 1.165) is 21.9 Å². The van der Waals surface area contributed by atoms with Crippen LogP contribution in [0.5, 0.6) is 0 Å².